The summed E-state index contributed by atoms with van der Waals surface area (Å²) in [5.74, 6) is 0. The Labute approximate surface area is 146 Å². The van der Waals surface area contributed by atoms with Crippen molar-refractivity contribution >= 4 is 28.7 Å². The number of nitro groups is 1. The number of rotatable bonds is 13. The van der Waals surface area contributed by atoms with Gasteiger partial charge in [-0.15, -0.1) is 0 Å². The van der Waals surface area contributed by atoms with E-state index in [4.69, 9.17) is 26.2 Å². The number of nitrogens with one attached hydrogen (secondary N) is 2. The highest BCUT2D eigenvalue weighted by Gasteiger charge is 2.21. The lowest BCUT2D eigenvalue weighted by Crippen LogP contribution is -2.14. The molecule has 0 saturated heterocycles. The Morgan fingerprint density at radius 1 is 1.12 bits per heavy atom. The van der Waals surface area contributed by atoms with Gasteiger partial charge in [-0.2, -0.15) is 0 Å². The van der Waals surface area contributed by atoms with Crippen LogP contribution in [0.15, 0.2) is 12.1 Å². The maximum absolute atomic E-state index is 11.4. The van der Waals surface area contributed by atoms with Crippen molar-refractivity contribution in [3.63, 3.8) is 0 Å². The lowest BCUT2D eigenvalue weighted by Gasteiger charge is -2.13. The van der Waals surface area contributed by atoms with Crippen LogP contribution < -0.4 is 10.6 Å². The molecule has 0 aliphatic rings. The number of nitrogens with zero attached hydrogens (tertiary/aromatic N) is 1. The minimum absolute atomic E-state index is 0.0640. The monoisotopic (exact) mass is 361 g/mol. The number of hydrogen-bond acceptors (Lipinski definition) is 7. The molecular weight excluding hydrogens is 338 g/mol. The molecule has 0 atom stereocenters. The van der Waals surface area contributed by atoms with Crippen molar-refractivity contribution < 1.29 is 19.5 Å². The molecule has 0 aliphatic heterocycles. The van der Waals surface area contributed by atoms with E-state index >= 15 is 0 Å². The highest BCUT2D eigenvalue weighted by atomic mass is 35.5. The zero-order chi connectivity index (χ0) is 17.8. The largest absolute Gasteiger partial charge is 0.394 e. The molecular formula is C15H24ClN3O5. The predicted molar refractivity (Wildman–Crippen MR) is 94.1 cm³/mol. The van der Waals surface area contributed by atoms with Gasteiger partial charge in [0.25, 0.3) is 0 Å². The first-order valence-corrected chi connectivity index (χ1v) is 8.20. The van der Waals surface area contributed by atoms with Gasteiger partial charge >= 0.3 is 5.69 Å². The van der Waals surface area contributed by atoms with Crippen LogP contribution >= 0.6 is 11.6 Å². The summed E-state index contributed by atoms with van der Waals surface area (Å²) in [5.41, 5.74) is 0.584. The number of nitro benzene ring substituents is 1. The molecule has 9 heteroatoms. The lowest BCUT2D eigenvalue weighted by molar-refractivity contribution is -0.383. The van der Waals surface area contributed by atoms with E-state index in [0.717, 1.165) is 6.42 Å². The quantitative estimate of drug-likeness (QED) is 0.281. The molecule has 0 unspecified atom stereocenters. The van der Waals surface area contributed by atoms with Crippen LogP contribution in [0, 0.1) is 10.1 Å². The fraction of sp³-hybridized carbons (Fsp3) is 0.600. The van der Waals surface area contributed by atoms with Gasteiger partial charge in [-0.1, -0.05) is 18.5 Å². The van der Waals surface area contributed by atoms with Crippen LogP contribution in [0.1, 0.15) is 13.3 Å². The first-order chi connectivity index (χ1) is 11.6. The maximum atomic E-state index is 11.4. The van der Waals surface area contributed by atoms with Crippen molar-refractivity contribution in [3.8, 4) is 0 Å². The fourth-order valence-corrected chi connectivity index (χ4v) is 2.21. The highest BCUT2D eigenvalue weighted by Crippen LogP contribution is 2.36. The van der Waals surface area contributed by atoms with Crippen LogP contribution in [0.2, 0.25) is 5.02 Å². The normalized spacial score (nSPS) is 10.6. The third-order valence-electron chi connectivity index (χ3n) is 2.97. The van der Waals surface area contributed by atoms with Crippen LogP contribution in [0.4, 0.5) is 17.1 Å². The van der Waals surface area contributed by atoms with Crippen LogP contribution in [0.5, 0.6) is 0 Å². The second kappa shape index (κ2) is 11.9. The van der Waals surface area contributed by atoms with E-state index in [2.05, 4.69) is 10.6 Å². The molecule has 0 aliphatic carbocycles. The van der Waals surface area contributed by atoms with E-state index in [0.29, 0.717) is 49.3 Å². The molecule has 3 N–H and O–H groups in total. The third kappa shape index (κ3) is 7.31. The van der Waals surface area contributed by atoms with E-state index < -0.39 is 4.92 Å². The number of aliphatic hydroxyl groups is 1. The molecule has 8 nitrogen and oxygen atoms in total. The molecule has 1 aromatic carbocycles. The van der Waals surface area contributed by atoms with Gasteiger partial charge < -0.3 is 25.2 Å². The van der Waals surface area contributed by atoms with Gasteiger partial charge in [-0.3, -0.25) is 10.1 Å². The highest BCUT2D eigenvalue weighted by molar-refractivity contribution is 6.31. The van der Waals surface area contributed by atoms with Gasteiger partial charge in [0.1, 0.15) is 11.4 Å². The topological polar surface area (TPSA) is 106 Å². The average molecular weight is 362 g/mol. The van der Waals surface area contributed by atoms with E-state index in [-0.39, 0.29) is 18.9 Å². The van der Waals surface area contributed by atoms with Gasteiger partial charge in [0.15, 0.2) is 0 Å². The Morgan fingerprint density at radius 2 is 1.67 bits per heavy atom. The molecule has 0 amide bonds. The minimum Gasteiger partial charge on any atom is -0.394 e. The number of benzene rings is 1. The average Bonchev–Trinajstić information content (AvgIpc) is 2.53. The van der Waals surface area contributed by atoms with E-state index in [1.807, 2.05) is 6.92 Å². The van der Waals surface area contributed by atoms with Crippen molar-refractivity contribution in [2.24, 2.45) is 0 Å². The number of halogens is 1. The zero-order valence-electron chi connectivity index (χ0n) is 13.7. The van der Waals surface area contributed by atoms with E-state index in [1.165, 1.54) is 12.1 Å². The summed E-state index contributed by atoms with van der Waals surface area (Å²) in [5, 5.41) is 26.4. The third-order valence-corrected chi connectivity index (χ3v) is 3.18. The Hall–Kier alpha value is -1.61. The minimum atomic E-state index is -0.456. The molecule has 136 valence electrons. The zero-order valence-corrected chi connectivity index (χ0v) is 14.5. The van der Waals surface area contributed by atoms with Gasteiger partial charge in [-0.25, -0.2) is 0 Å². The van der Waals surface area contributed by atoms with Crippen LogP contribution in [-0.4, -0.2) is 56.2 Å². The van der Waals surface area contributed by atoms with Gasteiger partial charge in [0, 0.05) is 24.7 Å². The van der Waals surface area contributed by atoms with Crippen molar-refractivity contribution in [3.05, 3.63) is 27.3 Å². The first kappa shape index (κ1) is 20.4. The maximum Gasteiger partial charge on any atom is 0.315 e. The van der Waals surface area contributed by atoms with Crippen LogP contribution in [0.3, 0.4) is 0 Å². The van der Waals surface area contributed by atoms with E-state index in [9.17, 15) is 10.1 Å². The van der Waals surface area contributed by atoms with Gasteiger partial charge in [-0.05, 0) is 18.6 Å². The molecule has 0 heterocycles. The van der Waals surface area contributed by atoms with Crippen LogP contribution in [-0.2, 0) is 9.47 Å². The summed E-state index contributed by atoms with van der Waals surface area (Å²) < 4.78 is 10.5. The molecule has 0 radical (unpaired) electrons. The molecule has 1 aromatic rings. The second-order valence-corrected chi connectivity index (χ2v) is 5.34. The van der Waals surface area contributed by atoms with Crippen molar-refractivity contribution in [2.75, 3.05) is 56.8 Å². The lowest BCUT2D eigenvalue weighted by atomic mass is 10.2. The molecule has 0 aromatic heterocycles. The summed E-state index contributed by atoms with van der Waals surface area (Å²) in [6.45, 7) is 4.40. The Morgan fingerprint density at radius 3 is 2.12 bits per heavy atom. The Kier molecular flexibility index (Phi) is 10.1. The number of hydrogen-bond donors (Lipinski definition) is 3. The number of anilines is 2. The van der Waals surface area contributed by atoms with E-state index in [1.54, 1.807) is 0 Å². The molecule has 0 saturated carbocycles. The van der Waals surface area contributed by atoms with Crippen molar-refractivity contribution in [2.45, 2.75) is 13.3 Å². The molecule has 24 heavy (non-hydrogen) atoms. The van der Waals surface area contributed by atoms with Crippen LogP contribution in [0.25, 0.3) is 0 Å². The SMILES string of the molecule is CCCOCCNc1cc(Cl)cc(NCCOCCO)c1[N+](=O)[O-]. The number of aliphatic hydroxyl groups excluding tert-OH is 1. The molecule has 0 fully saturated rings. The summed E-state index contributed by atoms with van der Waals surface area (Å²) in [7, 11) is 0. The Balaban J connectivity index is 2.73. The Bertz CT molecular complexity index is 481. The van der Waals surface area contributed by atoms with Gasteiger partial charge in [0.05, 0.1) is 31.4 Å². The second-order valence-electron chi connectivity index (χ2n) is 4.91. The summed E-state index contributed by atoms with van der Waals surface area (Å²) >= 11 is 6.05. The summed E-state index contributed by atoms with van der Waals surface area (Å²) in [6, 6.07) is 3.03. The predicted octanol–water partition coefficient (Wildman–Crippen LogP) is 2.51. The standard InChI is InChI=1S/C15H24ClN3O5/c1-2-6-23-7-3-17-13-10-12(16)11-14(15(13)19(21)22)18-4-8-24-9-5-20/h10-11,17-18,20H,2-9H2,1H3. The summed E-state index contributed by atoms with van der Waals surface area (Å²) in [4.78, 5) is 11.0. The van der Waals surface area contributed by atoms with Gasteiger partial charge in [0.2, 0.25) is 0 Å². The summed E-state index contributed by atoms with van der Waals surface area (Å²) in [6.07, 6.45) is 0.920. The number of ether oxygens (including phenoxy) is 2. The van der Waals surface area contributed by atoms with Crippen molar-refractivity contribution in [1.82, 2.24) is 0 Å². The molecule has 0 spiro atoms. The first-order valence-electron chi connectivity index (χ1n) is 7.82. The van der Waals surface area contributed by atoms with Crippen molar-refractivity contribution in [1.29, 1.82) is 0 Å². The fourth-order valence-electron chi connectivity index (χ4n) is 1.99. The molecule has 1 rings (SSSR count). The smallest absolute Gasteiger partial charge is 0.315 e. The molecule has 0 bridgehead atoms.